The van der Waals surface area contributed by atoms with E-state index >= 15 is 0 Å². The lowest BCUT2D eigenvalue weighted by Gasteiger charge is -2.06. The molecule has 1 aromatic rings. The van der Waals surface area contributed by atoms with E-state index in [4.69, 9.17) is 4.74 Å². The molecule has 1 N–H and O–H groups in total. The van der Waals surface area contributed by atoms with Crippen molar-refractivity contribution in [3.05, 3.63) is 48.2 Å². The average Bonchev–Trinajstić information content (AvgIpc) is 2.72. The quantitative estimate of drug-likeness (QED) is 0.507. The van der Waals surface area contributed by atoms with Gasteiger partial charge in [0.25, 0.3) is 5.91 Å². The van der Waals surface area contributed by atoms with Gasteiger partial charge in [0.2, 0.25) is 0 Å². The van der Waals surface area contributed by atoms with E-state index in [1.54, 1.807) is 31.2 Å². The molecule has 0 bridgehead atoms. The Bertz CT molecular complexity index is 561. The van der Waals surface area contributed by atoms with Crippen LogP contribution in [0.25, 0.3) is 6.08 Å². The van der Waals surface area contributed by atoms with Gasteiger partial charge in [0.05, 0.1) is 0 Å². The molecule has 5 nitrogen and oxygen atoms in total. The number of ether oxygens (including phenoxy) is 1. The van der Waals surface area contributed by atoms with Crippen molar-refractivity contribution in [3.63, 3.8) is 0 Å². The maximum Gasteiger partial charge on any atom is 0.328 e. The third-order valence-corrected chi connectivity index (χ3v) is 2.84. The molecule has 0 saturated carbocycles. The molecule has 0 unspecified atom stereocenters. The minimum absolute atomic E-state index is 0.289. The summed E-state index contributed by atoms with van der Waals surface area (Å²) in [5, 5.41) is 2.56. The Kier molecular flexibility index (Phi) is 4.20. The predicted octanol–water partition coefficient (Wildman–Crippen LogP) is 2.16. The molecule has 0 aromatic heterocycles. The molecule has 0 spiro atoms. The summed E-state index contributed by atoms with van der Waals surface area (Å²) < 4.78 is 5.37. The Labute approximate surface area is 117 Å². The number of urea groups is 1. The number of hydrogen-bond acceptors (Lipinski definition) is 3. The number of amides is 3. The van der Waals surface area contributed by atoms with Crippen LogP contribution in [0, 0.1) is 0 Å². The summed E-state index contributed by atoms with van der Waals surface area (Å²) in [5.41, 5.74) is 1.11. The topological polar surface area (TPSA) is 58.6 Å². The van der Waals surface area contributed by atoms with Gasteiger partial charge in [0, 0.05) is 6.54 Å². The van der Waals surface area contributed by atoms with Gasteiger partial charge >= 0.3 is 6.03 Å². The van der Waals surface area contributed by atoms with Crippen LogP contribution in [-0.2, 0) is 4.79 Å². The fraction of sp³-hybridized carbons (Fsp3) is 0.200. The number of nitrogens with one attached hydrogen (secondary N) is 1. The maximum atomic E-state index is 11.9. The number of nitrogens with zero attached hydrogens (tertiary/aromatic N) is 1. The molecule has 104 valence electrons. The minimum Gasteiger partial charge on any atom is -0.490 e. The van der Waals surface area contributed by atoms with Crippen LogP contribution < -0.4 is 10.1 Å². The van der Waals surface area contributed by atoms with E-state index in [-0.39, 0.29) is 17.6 Å². The summed E-state index contributed by atoms with van der Waals surface area (Å²) in [5.74, 6) is 0.425. The van der Waals surface area contributed by atoms with Crippen LogP contribution in [0.5, 0.6) is 5.75 Å². The second-order valence-electron chi connectivity index (χ2n) is 4.21. The van der Waals surface area contributed by atoms with Gasteiger partial charge in [-0.15, -0.1) is 0 Å². The molecule has 0 radical (unpaired) electrons. The Morgan fingerprint density at radius 1 is 1.30 bits per heavy atom. The van der Waals surface area contributed by atoms with Gasteiger partial charge < -0.3 is 10.1 Å². The summed E-state index contributed by atoms with van der Waals surface area (Å²) in [4.78, 5) is 24.6. The van der Waals surface area contributed by atoms with Gasteiger partial charge in [0.1, 0.15) is 18.1 Å². The minimum atomic E-state index is -0.380. The Hall–Kier alpha value is -2.56. The number of carbonyl (C=O) groups is 2. The highest BCUT2D eigenvalue weighted by Crippen LogP contribution is 2.17. The zero-order chi connectivity index (χ0) is 14.5. The molecular formula is C15H16N2O3. The number of likely N-dealkylation sites (N-methyl/N-ethyl adjacent to an activating group) is 1. The SMILES string of the molecule is C=CCOc1ccc(/C=C2/NC(=O)N(CC)C2=O)cc1. The molecule has 5 heteroatoms. The van der Waals surface area contributed by atoms with Gasteiger partial charge in [-0.1, -0.05) is 24.8 Å². The second-order valence-corrected chi connectivity index (χ2v) is 4.21. The molecule has 1 aliphatic rings. The highest BCUT2D eigenvalue weighted by molar-refractivity contribution is 6.13. The van der Waals surface area contributed by atoms with E-state index in [9.17, 15) is 9.59 Å². The standard InChI is InChI=1S/C15H16N2O3/c1-3-9-20-12-7-5-11(6-8-12)10-13-14(18)17(4-2)15(19)16-13/h3,5-8,10H,1,4,9H2,2H3,(H,16,19)/b13-10+. The van der Waals surface area contributed by atoms with Crippen molar-refractivity contribution >= 4 is 18.0 Å². The summed E-state index contributed by atoms with van der Waals surface area (Å²) in [6.07, 6.45) is 3.31. The first-order valence-corrected chi connectivity index (χ1v) is 6.34. The zero-order valence-electron chi connectivity index (χ0n) is 11.3. The first-order chi connectivity index (χ1) is 9.65. The van der Waals surface area contributed by atoms with Crippen LogP contribution in [0.3, 0.4) is 0 Å². The van der Waals surface area contributed by atoms with Crippen LogP contribution in [0.1, 0.15) is 12.5 Å². The van der Waals surface area contributed by atoms with Crippen molar-refractivity contribution in [1.82, 2.24) is 10.2 Å². The van der Waals surface area contributed by atoms with Crippen LogP contribution >= 0.6 is 0 Å². The second kappa shape index (κ2) is 6.06. The number of carbonyl (C=O) groups excluding carboxylic acids is 2. The predicted molar refractivity (Wildman–Crippen MR) is 76.0 cm³/mol. The molecule has 20 heavy (non-hydrogen) atoms. The molecule has 0 aliphatic carbocycles. The van der Waals surface area contributed by atoms with Gasteiger partial charge in [0.15, 0.2) is 0 Å². The maximum absolute atomic E-state index is 11.9. The van der Waals surface area contributed by atoms with Gasteiger partial charge in [-0.2, -0.15) is 0 Å². The fourth-order valence-electron chi connectivity index (χ4n) is 1.84. The first-order valence-electron chi connectivity index (χ1n) is 6.34. The Morgan fingerprint density at radius 3 is 2.55 bits per heavy atom. The van der Waals surface area contributed by atoms with Crippen molar-refractivity contribution in [2.24, 2.45) is 0 Å². The van der Waals surface area contributed by atoms with Crippen molar-refractivity contribution < 1.29 is 14.3 Å². The van der Waals surface area contributed by atoms with E-state index in [1.807, 2.05) is 12.1 Å². The first kappa shape index (κ1) is 13.9. The lowest BCUT2D eigenvalue weighted by atomic mass is 10.2. The number of hydrogen-bond donors (Lipinski definition) is 1. The molecule has 1 aliphatic heterocycles. The van der Waals surface area contributed by atoms with E-state index in [1.165, 1.54) is 0 Å². The molecule has 0 atom stereocenters. The molecule has 2 rings (SSSR count). The summed E-state index contributed by atoms with van der Waals surface area (Å²) in [6.45, 7) is 6.13. The number of benzene rings is 1. The summed E-state index contributed by atoms with van der Waals surface area (Å²) in [7, 11) is 0. The van der Waals surface area contributed by atoms with Crippen LogP contribution in [0.2, 0.25) is 0 Å². The Morgan fingerprint density at radius 2 is 2.00 bits per heavy atom. The van der Waals surface area contributed by atoms with Gasteiger partial charge in [-0.3, -0.25) is 9.69 Å². The molecule has 1 saturated heterocycles. The van der Waals surface area contributed by atoms with Gasteiger partial charge in [-0.25, -0.2) is 4.79 Å². The van der Waals surface area contributed by atoms with Crippen molar-refractivity contribution in [1.29, 1.82) is 0 Å². The normalized spacial score (nSPS) is 16.4. The number of imide groups is 1. The Balaban J connectivity index is 2.13. The third-order valence-electron chi connectivity index (χ3n) is 2.84. The average molecular weight is 272 g/mol. The molecule has 3 amide bonds. The largest absolute Gasteiger partial charge is 0.490 e. The zero-order valence-corrected chi connectivity index (χ0v) is 11.3. The van der Waals surface area contributed by atoms with Crippen LogP contribution in [-0.4, -0.2) is 30.0 Å². The summed E-state index contributed by atoms with van der Waals surface area (Å²) >= 11 is 0. The lowest BCUT2D eigenvalue weighted by molar-refractivity contribution is -0.122. The van der Waals surface area contributed by atoms with Crippen molar-refractivity contribution in [3.8, 4) is 5.75 Å². The van der Waals surface area contributed by atoms with E-state index in [2.05, 4.69) is 11.9 Å². The van der Waals surface area contributed by atoms with Crippen molar-refractivity contribution in [2.45, 2.75) is 6.92 Å². The smallest absolute Gasteiger partial charge is 0.328 e. The fourth-order valence-corrected chi connectivity index (χ4v) is 1.84. The lowest BCUT2D eigenvalue weighted by Crippen LogP contribution is -2.30. The molecule has 1 fully saturated rings. The molecular weight excluding hydrogens is 256 g/mol. The third kappa shape index (κ3) is 2.88. The van der Waals surface area contributed by atoms with Crippen LogP contribution in [0.15, 0.2) is 42.6 Å². The molecule has 1 aromatic carbocycles. The highest BCUT2D eigenvalue weighted by atomic mass is 16.5. The van der Waals surface area contributed by atoms with Crippen molar-refractivity contribution in [2.75, 3.05) is 13.2 Å². The van der Waals surface area contributed by atoms with E-state index in [0.29, 0.717) is 13.2 Å². The monoisotopic (exact) mass is 272 g/mol. The van der Waals surface area contributed by atoms with E-state index < -0.39 is 0 Å². The number of rotatable bonds is 5. The van der Waals surface area contributed by atoms with E-state index in [0.717, 1.165) is 16.2 Å². The van der Waals surface area contributed by atoms with Crippen LogP contribution in [0.4, 0.5) is 4.79 Å². The highest BCUT2D eigenvalue weighted by Gasteiger charge is 2.31. The van der Waals surface area contributed by atoms with Gasteiger partial charge in [-0.05, 0) is 30.7 Å². The molecule has 1 heterocycles. The summed E-state index contributed by atoms with van der Waals surface area (Å²) in [6, 6.07) is 6.86.